The second-order valence-corrected chi connectivity index (χ2v) is 9.20. The fourth-order valence-electron chi connectivity index (χ4n) is 3.77. The molecule has 1 unspecified atom stereocenters. The van der Waals surface area contributed by atoms with E-state index in [2.05, 4.69) is 27.5 Å². The van der Waals surface area contributed by atoms with E-state index in [0.29, 0.717) is 22.7 Å². The van der Waals surface area contributed by atoms with Crippen molar-refractivity contribution >= 4 is 35.4 Å². The van der Waals surface area contributed by atoms with Crippen LogP contribution in [0, 0.1) is 6.92 Å². The number of aromatic nitrogens is 1. The maximum absolute atomic E-state index is 12.9. The molecule has 0 bridgehead atoms. The average molecular weight is 580 g/mol. The Balaban J connectivity index is 1.56. The molecule has 4 amide bonds. The zero-order valence-electron chi connectivity index (χ0n) is 23.5. The van der Waals surface area contributed by atoms with Gasteiger partial charge in [0.2, 0.25) is 11.8 Å². The van der Waals surface area contributed by atoms with Crippen LogP contribution in [-0.4, -0.2) is 65.8 Å². The number of hydrogen-bond donors (Lipinski definition) is 4. The van der Waals surface area contributed by atoms with Gasteiger partial charge in [0, 0.05) is 19.2 Å². The second kappa shape index (κ2) is 14.9. The van der Waals surface area contributed by atoms with Crippen LogP contribution >= 0.6 is 0 Å². The van der Waals surface area contributed by atoms with Crippen molar-refractivity contribution in [3.63, 3.8) is 0 Å². The summed E-state index contributed by atoms with van der Waals surface area (Å²) in [6.45, 7) is 5.27. The summed E-state index contributed by atoms with van der Waals surface area (Å²) >= 11 is 0. The standard InChI is InChI=1S/C29H33N5O8/c1-5-12-41-29(39)33-23(27(36)37)15-20-16-30-25(42-20)17-34(3)26(35)14-19-10-11-22(24(13-19)40-4)32-28(38)31-21-9-7-6-8-18(21)2/h5-11,13,16,23H,1,12,14-15,17H2,2-4H3,(H,33,39)(H,36,37)(H2,31,32,38). The molecule has 42 heavy (non-hydrogen) atoms. The van der Waals surface area contributed by atoms with Crippen molar-refractivity contribution < 1.29 is 38.2 Å². The van der Waals surface area contributed by atoms with Crippen LogP contribution < -0.4 is 20.7 Å². The largest absolute Gasteiger partial charge is 0.495 e. The Kier molecular flexibility index (Phi) is 11.1. The van der Waals surface area contributed by atoms with Crippen molar-refractivity contribution in [3.8, 4) is 5.75 Å². The lowest BCUT2D eigenvalue weighted by Gasteiger charge is -2.17. The number of oxazole rings is 1. The first-order valence-corrected chi connectivity index (χ1v) is 12.8. The minimum atomic E-state index is -1.30. The van der Waals surface area contributed by atoms with Gasteiger partial charge in [0.05, 0.1) is 32.0 Å². The zero-order chi connectivity index (χ0) is 30.6. The number of nitrogens with one attached hydrogen (secondary N) is 3. The molecule has 1 atom stereocenters. The lowest BCUT2D eigenvalue weighted by atomic mass is 10.1. The number of hydrogen-bond acceptors (Lipinski definition) is 8. The summed E-state index contributed by atoms with van der Waals surface area (Å²) in [4.78, 5) is 54.1. The number of nitrogens with zero attached hydrogens (tertiary/aromatic N) is 2. The number of benzene rings is 2. The molecule has 0 saturated carbocycles. The Morgan fingerprint density at radius 2 is 1.88 bits per heavy atom. The summed E-state index contributed by atoms with van der Waals surface area (Å²) in [5.74, 6) is -0.739. The van der Waals surface area contributed by atoms with Gasteiger partial charge in [0.25, 0.3) is 0 Å². The van der Waals surface area contributed by atoms with Crippen LogP contribution in [0.25, 0.3) is 0 Å². The molecule has 0 aliphatic rings. The summed E-state index contributed by atoms with van der Waals surface area (Å²) in [5.41, 5.74) is 2.69. The Bertz CT molecular complexity index is 1440. The van der Waals surface area contributed by atoms with E-state index in [1.807, 2.05) is 25.1 Å². The maximum atomic E-state index is 12.9. The summed E-state index contributed by atoms with van der Waals surface area (Å²) < 4.78 is 15.8. The Morgan fingerprint density at radius 3 is 2.57 bits per heavy atom. The van der Waals surface area contributed by atoms with Gasteiger partial charge in [-0.1, -0.05) is 36.9 Å². The van der Waals surface area contributed by atoms with Crippen LogP contribution in [0.15, 0.2) is 65.7 Å². The molecule has 3 rings (SSSR count). The molecule has 13 nitrogen and oxygen atoms in total. The number of carboxylic acid groups (broad SMARTS) is 1. The van der Waals surface area contributed by atoms with Gasteiger partial charge in [0.1, 0.15) is 24.2 Å². The number of ether oxygens (including phenoxy) is 2. The van der Waals surface area contributed by atoms with Crippen molar-refractivity contribution in [2.45, 2.75) is 32.4 Å². The lowest BCUT2D eigenvalue weighted by molar-refractivity contribution is -0.139. The van der Waals surface area contributed by atoms with Gasteiger partial charge < -0.3 is 39.8 Å². The molecule has 0 saturated heterocycles. The first-order chi connectivity index (χ1) is 20.1. The number of aryl methyl sites for hydroxylation is 1. The number of amides is 4. The monoisotopic (exact) mass is 579 g/mol. The highest BCUT2D eigenvalue weighted by atomic mass is 16.5. The zero-order valence-corrected chi connectivity index (χ0v) is 23.5. The van der Waals surface area contributed by atoms with Crippen molar-refractivity contribution in [2.75, 3.05) is 31.4 Å². The summed E-state index contributed by atoms with van der Waals surface area (Å²) in [7, 11) is 3.04. The topological polar surface area (TPSA) is 172 Å². The highest BCUT2D eigenvalue weighted by molar-refractivity contribution is 6.01. The van der Waals surface area contributed by atoms with Crippen molar-refractivity contribution in [1.82, 2.24) is 15.2 Å². The molecule has 0 aliphatic carbocycles. The normalized spacial score (nSPS) is 11.1. The fraction of sp³-hybridized carbons (Fsp3) is 0.276. The first kappa shape index (κ1) is 31.2. The van der Waals surface area contributed by atoms with Gasteiger partial charge in [-0.2, -0.15) is 0 Å². The van der Waals surface area contributed by atoms with Gasteiger partial charge >= 0.3 is 18.1 Å². The van der Waals surface area contributed by atoms with E-state index >= 15 is 0 Å². The van der Waals surface area contributed by atoms with E-state index in [1.54, 1.807) is 31.3 Å². The third-order valence-electron chi connectivity index (χ3n) is 5.99. The highest BCUT2D eigenvalue weighted by Gasteiger charge is 2.23. The molecule has 1 aromatic heterocycles. The summed E-state index contributed by atoms with van der Waals surface area (Å²) in [6, 6.07) is 10.7. The van der Waals surface area contributed by atoms with Crippen LogP contribution in [0.5, 0.6) is 5.75 Å². The van der Waals surface area contributed by atoms with Gasteiger partial charge in [-0.3, -0.25) is 4.79 Å². The van der Waals surface area contributed by atoms with E-state index in [-0.39, 0.29) is 43.6 Å². The van der Waals surface area contributed by atoms with E-state index in [0.717, 1.165) is 5.56 Å². The number of anilines is 2. The van der Waals surface area contributed by atoms with Gasteiger partial charge in [-0.25, -0.2) is 19.4 Å². The molecule has 0 aliphatic heterocycles. The van der Waals surface area contributed by atoms with E-state index in [9.17, 15) is 24.3 Å². The molecule has 0 fully saturated rings. The van der Waals surface area contributed by atoms with Crippen LogP contribution in [0.2, 0.25) is 0 Å². The number of carbonyl (C=O) groups is 4. The number of alkyl carbamates (subject to hydrolysis) is 1. The maximum Gasteiger partial charge on any atom is 0.408 e. The molecule has 0 spiro atoms. The molecular weight excluding hydrogens is 546 g/mol. The fourth-order valence-corrected chi connectivity index (χ4v) is 3.77. The molecule has 3 aromatic rings. The highest BCUT2D eigenvalue weighted by Crippen LogP contribution is 2.26. The van der Waals surface area contributed by atoms with Crippen LogP contribution in [-0.2, 0) is 33.7 Å². The van der Waals surface area contributed by atoms with Crippen LogP contribution in [0.3, 0.4) is 0 Å². The molecule has 1 heterocycles. The van der Waals surface area contributed by atoms with Crippen molar-refractivity contribution in [2.24, 2.45) is 0 Å². The van der Waals surface area contributed by atoms with Gasteiger partial charge in [0.15, 0.2) is 0 Å². The Morgan fingerprint density at radius 1 is 1.14 bits per heavy atom. The molecule has 2 aromatic carbocycles. The SMILES string of the molecule is C=CCOC(=O)NC(Cc1cnc(CN(C)C(=O)Cc2ccc(NC(=O)Nc3ccccc3C)c(OC)c2)o1)C(=O)O. The second-order valence-electron chi connectivity index (χ2n) is 9.20. The number of urea groups is 1. The van der Waals surface area contributed by atoms with Crippen molar-refractivity contribution in [1.29, 1.82) is 0 Å². The van der Waals surface area contributed by atoms with Crippen molar-refractivity contribution in [3.05, 3.63) is 84.1 Å². The van der Waals surface area contributed by atoms with E-state index in [4.69, 9.17) is 13.9 Å². The predicted octanol–water partition coefficient (Wildman–Crippen LogP) is 3.74. The summed E-state index contributed by atoms with van der Waals surface area (Å²) in [5, 5.41) is 17.2. The number of methoxy groups -OCH3 is 1. The van der Waals surface area contributed by atoms with Crippen LogP contribution in [0.1, 0.15) is 22.8 Å². The van der Waals surface area contributed by atoms with E-state index < -0.39 is 24.1 Å². The number of aliphatic carboxylic acids is 1. The predicted molar refractivity (Wildman–Crippen MR) is 153 cm³/mol. The quantitative estimate of drug-likeness (QED) is 0.220. The molecule has 0 radical (unpaired) electrons. The Labute approximate surface area is 242 Å². The number of carboxylic acids is 1. The van der Waals surface area contributed by atoms with E-state index in [1.165, 1.54) is 24.3 Å². The van der Waals surface area contributed by atoms with Crippen LogP contribution in [0.4, 0.5) is 21.0 Å². The number of carbonyl (C=O) groups excluding carboxylic acids is 3. The average Bonchev–Trinajstić information content (AvgIpc) is 3.39. The summed E-state index contributed by atoms with van der Waals surface area (Å²) in [6.07, 6.45) is 1.65. The molecule has 4 N–H and O–H groups in total. The minimum absolute atomic E-state index is 0.0290. The lowest BCUT2D eigenvalue weighted by Crippen LogP contribution is -2.42. The number of rotatable bonds is 13. The smallest absolute Gasteiger partial charge is 0.408 e. The first-order valence-electron chi connectivity index (χ1n) is 12.8. The van der Waals surface area contributed by atoms with Gasteiger partial charge in [-0.05, 0) is 36.2 Å². The third kappa shape index (κ3) is 9.11. The molecular formula is C29H33N5O8. The molecule has 13 heteroatoms. The number of para-hydroxylation sites is 1. The Hall–Kier alpha value is -5.33. The molecule has 222 valence electrons. The van der Waals surface area contributed by atoms with Gasteiger partial charge in [-0.15, -0.1) is 0 Å². The minimum Gasteiger partial charge on any atom is -0.495 e. The third-order valence-corrected chi connectivity index (χ3v) is 5.99. The number of likely N-dealkylation sites (N-methyl/N-ethyl adjacent to an activating group) is 1.